The first-order valence-corrected chi connectivity index (χ1v) is 9.69. The summed E-state index contributed by atoms with van der Waals surface area (Å²) in [7, 11) is 1.89. The van der Waals surface area contributed by atoms with Gasteiger partial charge in [0.15, 0.2) is 5.76 Å². The molecule has 3 rings (SSSR count). The van der Waals surface area contributed by atoms with Crippen molar-refractivity contribution in [3.8, 4) is 0 Å². The van der Waals surface area contributed by atoms with Crippen molar-refractivity contribution in [3.05, 3.63) is 40.0 Å². The van der Waals surface area contributed by atoms with E-state index in [2.05, 4.69) is 5.32 Å². The van der Waals surface area contributed by atoms with Gasteiger partial charge in [0.2, 0.25) is 10.0 Å². The molecule has 0 aromatic carbocycles. The number of rotatable bonds is 4. The van der Waals surface area contributed by atoms with Crippen LogP contribution in [0.25, 0.3) is 0 Å². The largest absolute Gasteiger partial charge is 0.455 e. The smallest absolute Gasteiger partial charge is 0.287 e. The second-order valence-electron chi connectivity index (χ2n) is 5.96. The van der Waals surface area contributed by atoms with Crippen LogP contribution < -0.4 is 5.32 Å². The number of nitrogens with zero attached hydrogens (tertiary/aromatic N) is 2. The Kier molecular flexibility index (Phi) is 4.52. The number of nitrogens with one attached hydrogen (secondary N) is 1. The molecule has 24 heavy (non-hydrogen) atoms. The fourth-order valence-electron chi connectivity index (χ4n) is 2.62. The number of fused-ring (bicyclic) bond motifs is 1. The Bertz CT molecular complexity index is 854. The Labute approximate surface area is 144 Å². The maximum absolute atomic E-state index is 12.4. The zero-order valence-electron chi connectivity index (χ0n) is 13.6. The lowest BCUT2D eigenvalue weighted by atomic mass is 10.2. The highest BCUT2D eigenvalue weighted by molar-refractivity contribution is 7.89. The van der Waals surface area contributed by atoms with Crippen molar-refractivity contribution in [1.29, 1.82) is 0 Å². The zero-order valence-corrected chi connectivity index (χ0v) is 15.3. The zero-order chi connectivity index (χ0) is 17.5. The Balaban J connectivity index is 1.79. The minimum absolute atomic E-state index is 0.201. The molecule has 0 saturated heterocycles. The van der Waals surface area contributed by atoms with E-state index >= 15 is 0 Å². The van der Waals surface area contributed by atoms with Gasteiger partial charge in [0.05, 0.1) is 17.5 Å². The van der Waals surface area contributed by atoms with E-state index in [4.69, 9.17) is 4.42 Å². The molecule has 1 aliphatic rings. The molecule has 1 atom stereocenters. The first-order chi connectivity index (χ1) is 11.3. The number of amides is 1. The molecule has 9 heteroatoms. The summed E-state index contributed by atoms with van der Waals surface area (Å²) in [6.45, 7) is 0.805. The maximum atomic E-state index is 12.4. The molecule has 0 saturated carbocycles. The number of carbonyl (C=O) groups is 1. The molecule has 0 spiro atoms. The van der Waals surface area contributed by atoms with Gasteiger partial charge in [-0.3, -0.25) is 4.79 Å². The van der Waals surface area contributed by atoms with Crippen molar-refractivity contribution >= 4 is 27.3 Å². The number of likely N-dealkylation sites (N-methyl/N-ethyl adjacent to an activating group) is 1. The normalized spacial score (nSPS) is 20.1. The topological polar surface area (TPSA) is 82.9 Å². The molecule has 0 bridgehead atoms. The molecule has 2 aromatic rings. The second kappa shape index (κ2) is 6.32. The SMILES string of the molecule is CN(C)Cc1ccc(C(=O)N[C@H]2CN(C)S(=O)(=O)c3ccsc32)o1. The molecule has 1 N–H and O–H groups in total. The predicted octanol–water partition coefficient (Wildman–Crippen LogP) is 1.51. The van der Waals surface area contributed by atoms with Crippen LogP contribution in [0, 0.1) is 0 Å². The summed E-state index contributed by atoms with van der Waals surface area (Å²) in [5.74, 6) is 0.573. The molecule has 0 radical (unpaired) electrons. The van der Waals surface area contributed by atoms with Gasteiger partial charge in [-0.25, -0.2) is 8.42 Å². The molecule has 0 fully saturated rings. The summed E-state index contributed by atoms with van der Waals surface area (Å²) < 4.78 is 31.3. The van der Waals surface area contributed by atoms with E-state index in [1.54, 1.807) is 23.6 Å². The predicted molar refractivity (Wildman–Crippen MR) is 90.4 cm³/mol. The van der Waals surface area contributed by atoms with Crippen LogP contribution in [0.4, 0.5) is 0 Å². The Morgan fingerprint density at radius 1 is 1.42 bits per heavy atom. The van der Waals surface area contributed by atoms with Crippen LogP contribution >= 0.6 is 11.3 Å². The van der Waals surface area contributed by atoms with E-state index in [1.165, 1.54) is 22.7 Å². The van der Waals surface area contributed by atoms with E-state index in [-0.39, 0.29) is 29.1 Å². The van der Waals surface area contributed by atoms with E-state index in [9.17, 15) is 13.2 Å². The van der Waals surface area contributed by atoms with Gasteiger partial charge in [0.25, 0.3) is 5.91 Å². The lowest BCUT2D eigenvalue weighted by Gasteiger charge is -2.29. The van der Waals surface area contributed by atoms with Crippen LogP contribution in [0.3, 0.4) is 0 Å². The van der Waals surface area contributed by atoms with Gasteiger partial charge in [-0.2, -0.15) is 4.31 Å². The van der Waals surface area contributed by atoms with Crippen molar-refractivity contribution in [2.45, 2.75) is 17.5 Å². The highest BCUT2D eigenvalue weighted by Gasteiger charge is 2.36. The first-order valence-electron chi connectivity index (χ1n) is 7.37. The van der Waals surface area contributed by atoms with Crippen LogP contribution in [-0.4, -0.2) is 51.2 Å². The molecule has 0 unspecified atom stereocenters. The molecule has 7 nitrogen and oxygen atoms in total. The standard InChI is InChI=1S/C15H19N3O4S2/c1-17(2)8-10-4-5-12(22-10)15(19)16-11-9-18(3)24(20,21)13-6-7-23-14(11)13/h4-7,11H,8-9H2,1-3H3,(H,16,19)/t11-/m0/s1. The molecule has 0 aliphatic carbocycles. The summed E-state index contributed by atoms with van der Waals surface area (Å²) >= 11 is 1.33. The molecule has 1 aliphatic heterocycles. The van der Waals surface area contributed by atoms with Gasteiger partial charge in [-0.15, -0.1) is 11.3 Å². The third kappa shape index (κ3) is 3.12. The molecule has 2 aromatic heterocycles. The number of hydrogen-bond donors (Lipinski definition) is 1. The molecule has 3 heterocycles. The van der Waals surface area contributed by atoms with Gasteiger partial charge in [-0.05, 0) is 37.7 Å². The van der Waals surface area contributed by atoms with Crippen molar-refractivity contribution < 1.29 is 17.6 Å². The van der Waals surface area contributed by atoms with E-state index in [1.807, 2.05) is 19.0 Å². The highest BCUT2D eigenvalue weighted by atomic mass is 32.2. The Hall–Kier alpha value is -1.68. The van der Waals surface area contributed by atoms with Crippen molar-refractivity contribution in [1.82, 2.24) is 14.5 Å². The highest BCUT2D eigenvalue weighted by Crippen LogP contribution is 2.35. The van der Waals surface area contributed by atoms with E-state index < -0.39 is 10.0 Å². The molecular formula is C15H19N3O4S2. The number of thiophene rings is 1. The molecular weight excluding hydrogens is 350 g/mol. The number of hydrogen-bond acceptors (Lipinski definition) is 6. The first kappa shape index (κ1) is 17.2. The summed E-state index contributed by atoms with van der Waals surface area (Å²) in [6.07, 6.45) is 0. The Morgan fingerprint density at radius 2 is 2.17 bits per heavy atom. The van der Waals surface area contributed by atoms with Gasteiger partial charge >= 0.3 is 0 Å². The van der Waals surface area contributed by atoms with Gasteiger partial charge in [0.1, 0.15) is 5.76 Å². The van der Waals surface area contributed by atoms with Crippen LogP contribution in [-0.2, 0) is 16.6 Å². The number of carbonyl (C=O) groups excluding carboxylic acids is 1. The summed E-state index contributed by atoms with van der Waals surface area (Å²) in [4.78, 5) is 15.3. The van der Waals surface area contributed by atoms with E-state index in [0.29, 0.717) is 17.2 Å². The monoisotopic (exact) mass is 369 g/mol. The average molecular weight is 369 g/mol. The number of sulfonamides is 1. The third-order valence-corrected chi connectivity index (χ3v) is 6.81. The summed E-state index contributed by atoms with van der Waals surface area (Å²) in [5, 5.41) is 4.60. The summed E-state index contributed by atoms with van der Waals surface area (Å²) in [5.41, 5.74) is 0. The van der Waals surface area contributed by atoms with Crippen LogP contribution in [0.15, 0.2) is 32.9 Å². The third-order valence-electron chi connectivity index (χ3n) is 3.76. The van der Waals surface area contributed by atoms with Crippen molar-refractivity contribution in [2.24, 2.45) is 0 Å². The minimum Gasteiger partial charge on any atom is -0.455 e. The van der Waals surface area contributed by atoms with Gasteiger partial charge in [0, 0.05) is 18.5 Å². The minimum atomic E-state index is -3.46. The Morgan fingerprint density at radius 3 is 2.88 bits per heavy atom. The van der Waals surface area contributed by atoms with Crippen molar-refractivity contribution in [2.75, 3.05) is 27.7 Å². The lowest BCUT2D eigenvalue weighted by Crippen LogP contribution is -2.42. The maximum Gasteiger partial charge on any atom is 0.287 e. The number of furan rings is 1. The fourth-order valence-corrected chi connectivity index (χ4v) is 5.32. The quantitative estimate of drug-likeness (QED) is 0.883. The average Bonchev–Trinajstić information content (AvgIpc) is 3.13. The van der Waals surface area contributed by atoms with Crippen LogP contribution in [0.2, 0.25) is 0 Å². The summed E-state index contributed by atoms with van der Waals surface area (Å²) in [6, 6.07) is 4.59. The fraction of sp³-hybridized carbons (Fsp3) is 0.400. The van der Waals surface area contributed by atoms with Gasteiger partial charge < -0.3 is 14.6 Å². The van der Waals surface area contributed by atoms with E-state index in [0.717, 1.165) is 0 Å². The second-order valence-corrected chi connectivity index (χ2v) is 8.93. The van der Waals surface area contributed by atoms with Crippen LogP contribution in [0.1, 0.15) is 27.2 Å². The molecule has 1 amide bonds. The van der Waals surface area contributed by atoms with Crippen LogP contribution in [0.5, 0.6) is 0 Å². The molecule has 130 valence electrons. The van der Waals surface area contributed by atoms with Gasteiger partial charge in [-0.1, -0.05) is 0 Å². The lowest BCUT2D eigenvalue weighted by molar-refractivity contribution is 0.0900. The van der Waals surface area contributed by atoms with Crippen molar-refractivity contribution in [3.63, 3.8) is 0 Å².